The van der Waals surface area contributed by atoms with Gasteiger partial charge >= 0.3 is 35.6 Å². The zero-order valence-electron chi connectivity index (χ0n) is 18.8. The number of aliphatic imine (C=N–C) groups is 1. The van der Waals surface area contributed by atoms with Crippen LogP contribution in [0.5, 0.6) is 5.75 Å². The van der Waals surface area contributed by atoms with Crippen LogP contribution in [0.4, 0.5) is 5.69 Å². The Balaban J connectivity index is 0.000000968. The van der Waals surface area contributed by atoms with Gasteiger partial charge in [-0.2, -0.15) is 5.32 Å². The summed E-state index contributed by atoms with van der Waals surface area (Å²) in [5, 5.41) is 12.2. The quantitative estimate of drug-likeness (QED) is 0.218. The molecule has 1 heterocycles. The van der Waals surface area contributed by atoms with E-state index < -0.39 is 25.1 Å². The maximum absolute atomic E-state index is 11.0. The molecule has 4 aromatic rings. The molecular weight excluding hydrogens is 503 g/mol. The molecule has 0 saturated heterocycles. The van der Waals surface area contributed by atoms with Crippen LogP contribution in [0.1, 0.15) is 5.69 Å². The number of benzene rings is 3. The fraction of sp³-hybridized carbons (Fsp3) is 0.115. The molecule has 1 N–H and O–H groups in total. The maximum atomic E-state index is 11.0. The molecule has 3 nitrogen and oxygen atoms in total. The molecule has 0 bridgehead atoms. The van der Waals surface area contributed by atoms with Crippen LogP contribution in [0.15, 0.2) is 89.9 Å². The number of hydrogen-bond donors (Lipinski definition) is 1. The average molecular weight is 528 g/mol. The van der Waals surface area contributed by atoms with Crippen molar-refractivity contribution in [2.24, 2.45) is 4.99 Å². The molecule has 1 aromatic heterocycles. The molecule has 0 saturated carbocycles. The van der Waals surface area contributed by atoms with Crippen molar-refractivity contribution < 1.29 is 22.1 Å². The van der Waals surface area contributed by atoms with Gasteiger partial charge < -0.3 is 10.1 Å². The van der Waals surface area contributed by atoms with E-state index in [1.54, 1.807) is 6.21 Å². The van der Waals surface area contributed by atoms with Crippen molar-refractivity contribution >= 4 is 43.9 Å². The average Bonchev–Trinajstić information content (AvgIpc) is 3.30. The molecule has 168 valence electrons. The first-order chi connectivity index (χ1) is 15.8. The first kappa shape index (κ1) is 25.5. The van der Waals surface area contributed by atoms with Crippen molar-refractivity contribution in [2.75, 3.05) is 0 Å². The van der Waals surface area contributed by atoms with Gasteiger partial charge in [0, 0.05) is 17.3 Å². The molecule has 0 fully saturated rings. The van der Waals surface area contributed by atoms with Gasteiger partial charge in [0.2, 0.25) is 0 Å². The van der Waals surface area contributed by atoms with Crippen LogP contribution in [0.3, 0.4) is 0 Å². The predicted molar refractivity (Wildman–Crippen MR) is 141 cm³/mol. The summed E-state index contributed by atoms with van der Waals surface area (Å²) in [5.74, 6) is 0.263. The molecule has 0 radical (unpaired) electrons. The Kier molecular flexibility index (Phi) is 9.19. The standard InChI is InChI=1S/C26H25N2OSi.2ClH.Ti/c1-30(2,3)25-15-14-21(28-25)18-27-22-16-23(19-10-6-4-7-11-19)26(29)24(17-22)20-12-8-5-9-13-20;;;/h4-18H,1-3H3,(H-,27,28,29);2*1H;/q-1;;;+2/p-2. The summed E-state index contributed by atoms with van der Waals surface area (Å²) < 4.78 is 0. The molecule has 0 aliphatic carbocycles. The van der Waals surface area contributed by atoms with E-state index in [2.05, 4.69) is 25.7 Å². The minimum atomic E-state index is -1.44. The van der Waals surface area contributed by atoms with Gasteiger partial charge in [0.25, 0.3) is 0 Å². The van der Waals surface area contributed by atoms with Gasteiger partial charge in [0.05, 0.1) is 13.8 Å². The van der Waals surface area contributed by atoms with E-state index >= 15 is 0 Å². The number of phenolic OH excluding ortho intramolecular Hbond substituents is 1. The van der Waals surface area contributed by atoms with Crippen molar-refractivity contribution in [3.05, 3.63) is 90.6 Å². The van der Waals surface area contributed by atoms with Gasteiger partial charge in [-0.1, -0.05) is 92.4 Å². The van der Waals surface area contributed by atoms with Crippen LogP contribution in [0.25, 0.3) is 22.3 Å². The molecule has 7 heteroatoms. The third-order valence-corrected chi connectivity index (χ3v) is 6.86. The molecule has 33 heavy (non-hydrogen) atoms. The minimum absolute atomic E-state index is 0.263. The normalized spacial score (nSPS) is 11.2. The Bertz CT molecular complexity index is 1150. The second-order valence-corrected chi connectivity index (χ2v) is 16.0. The van der Waals surface area contributed by atoms with E-state index in [4.69, 9.17) is 28.6 Å². The zero-order valence-corrected chi connectivity index (χ0v) is 22.8. The van der Waals surface area contributed by atoms with Crippen molar-refractivity contribution in [3.8, 4) is 28.0 Å². The van der Waals surface area contributed by atoms with Gasteiger partial charge in [-0.05, 0) is 23.3 Å². The van der Waals surface area contributed by atoms with Gasteiger partial charge in [-0.15, -0.1) is 5.69 Å². The molecule has 3 aromatic carbocycles. The number of phenols is 1. The fourth-order valence-corrected chi connectivity index (χ4v) is 4.43. The third-order valence-electron chi connectivity index (χ3n) is 5.04. The number of hydrogen-bond acceptors (Lipinski definition) is 2. The summed E-state index contributed by atoms with van der Waals surface area (Å²) in [5.41, 5.74) is 5.09. The Morgan fingerprint density at radius 3 is 1.73 bits per heavy atom. The van der Waals surface area contributed by atoms with Crippen molar-refractivity contribution in [1.29, 1.82) is 0 Å². The van der Waals surface area contributed by atoms with Crippen LogP contribution in [-0.4, -0.2) is 19.4 Å². The zero-order chi connectivity index (χ0) is 23.8. The molecule has 0 amide bonds. The van der Waals surface area contributed by atoms with Crippen LogP contribution < -0.4 is 10.3 Å². The summed E-state index contributed by atoms with van der Waals surface area (Å²) in [6.07, 6.45) is 1.81. The van der Waals surface area contributed by atoms with E-state index in [1.807, 2.05) is 78.9 Å². The number of aromatic hydroxyl groups is 1. The summed E-state index contributed by atoms with van der Waals surface area (Å²) in [7, 11) is 8.34. The molecule has 0 aliphatic heterocycles. The monoisotopic (exact) mass is 527 g/mol. The van der Waals surface area contributed by atoms with Crippen LogP contribution in [-0.2, 0) is 17.0 Å². The summed E-state index contributed by atoms with van der Waals surface area (Å²) in [6.45, 7) is 6.86. The SMILES string of the molecule is C[Si](C)(C)c1ccc(C=Nc2cc(-c3ccccc3)c(O)c(-c3ccccc3)c2)[n-]1.[Cl][Ti][Cl]. The number of halogens is 2. The first-order valence-electron chi connectivity index (χ1n) is 10.5. The van der Waals surface area contributed by atoms with E-state index in [0.717, 1.165) is 33.6 Å². The van der Waals surface area contributed by atoms with Gasteiger partial charge in [-0.3, -0.25) is 4.99 Å². The second kappa shape index (κ2) is 11.9. The Morgan fingerprint density at radius 2 is 1.30 bits per heavy atom. The topological polar surface area (TPSA) is 46.7 Å². The van der Waals surface area contributed by atoms with Crippen LogP contribution >= 0.6 is 18.6 Å². The Labute approximate surface area is 213 Å². The van der Waals surface area contributed by atoms with Crippen LogP contribution in [0, 0.1) is 0 Å². The van der Waals surface area contributed by atoms with E-state index in [-0.39, 0.29) is 5.75 Å². The van der Waals surface area contributed by atoms with Gasteiger partial charge in [-0.25, -0.2) is 0 Å². The van der Waals surface area contributed by atoms with E-state index in [0.29, 0.717) is 0 Å². The molecule has 0 aliphatic rings. The van der Waals surface area contributed by atoms with Crippen LogP contribution in [0.2, 0.25) is 19.6 Å². The summed E-state index contributed by atoms with van der Waals surface area (Å²) in [4.78, 5) is 9.44. The molecule has 0 spiro atoms. The third kappa shape index (κ3) is 6.95. The van der Waals surface area contributed by atoms with Crippen molar-refractivity contribution in [1.82, 2.24) is 4.98 Å². The molecular formula is C26H25Cl2N2OSiTi-. The number of rotatable bonds is 5. The predicted octanol–water partition coefficient (Wildman–Crippen LogP) is 7.36. The number of aromatic nitrogens is 1. The molecule has 4 rings (SSSR count). The van der Waals surface area contributed by atoms with E-state index in [1.165, 1.54) is 5.32 Å². The summed E-state index contributed by atoms with van der Waals surface area (Å²) in [6, 6.07) is 27.8. The number of nitrogens with zero attached hydrogens (tertiary/aromatic N) is 2. The first-order valence-corrected chi connectivity index (χ1v) is 18.3. The van der Waals surface area contributed by atoms with Gasteiger partial charge in [0.1, 0.15) is 5.75 Å². The molecule has 0 unspecified atom stereocenters. The summed E-state index contributed by atoms with van der Waals surface area (Å²) >= 11 is -0.556. The Hall–Kier alpha value is -2.08. The fourth-order valence-electron chi connectivity index (χ4n) is 3.38. The van der Waals surface area contributed by atoms with E-state index in [9.17, 15) is 5.11 Å². The van der Waals surface area contributed by atoms with Crippen molar-refractivity contribution in [2.45, 2.75) is 19.6 Å². The van der Waals surface area contributed by atoms with Crippen molar-refractivity contribution in [3.63, 3.8) is 0 Å². The molecule has 0 atom stereocenters. The second-order valence-electron chi connectivity index (χ2n) is 8.46. The van der Waals surface area contributed by atoms with Gasteiger partial charge in [0.15, 0.2) is 0 Å². The Morgan fingerprint density at radius 1 is 0.818 bits per heavy atom.